The normalized spacial score (nSPS) is 16.9. The van der Waals surface area contributed by atoms with E-state index >= 15 is 0 Å². The van der Waals surface area contributed by atoms with Gasteiger partial charge in [-0.2, -0.15) is 0 Å². The minimum absolute atomic E-state index is 0.445. The van der Waals surface area contributed by atoms with Crippen molar-refractivity contribution in [2.75, 3.05) is 19.7 Å². The van der Waals surface area contributed by atoms with Crippen molar-refractivity contribution in [3.63, 3.8) is 0 Å². The summed E-state index contributed by atoms with van der Waals surface area (Å²) in [5.41, 5.74) is 0. The van der Waals surface area contributed by atoms with Gasteiger partial charge in [-0.05, 0) is 32.6 Å². The van der Waals surface area contributed by atoms with E-state index in [0.717, 1.165) is 6.42 Å². The summed E-state index contributed by atoms with van der Waals surface area (Å²) in [6.07, 6.45) is -0.609. The van der Waals surface area contributed by atoms with Crippen LogP contribution in [0.4, 0.5) is 13.6 Å². The van der Waals surface area contributed by atoms with Crippen molar-refractivity contribution in [3.8, 4) is 0 Å². The second-order valence-electron chi connectivity index (χ2n) is 2.82. The molecule has 0 aromatic carbocycles. The Labute approximate surface area is 94.2 Å². The van der Waals surface area contributed by atoms with E-state index in [1.807, 2.05) is 6.08 Å². The van der Waals surface area contributed by atoms with Crippen LogP contribution in [-0.2, 0) is 4.74 Å². The van der Waals surface area contributed by atoms with Crippen molar-refractivity contribution in [1.29, 1.82) is 0 Å². The fourth-order valence-electron chi connectivity index (χ4n) is 1.04. The number of hydrogen-bond donors (Lipinski definition) is 0. The summed E-state index contributed by atoms with van der Waals surface area (Å²) in [4.78, 5) is 12.6. The van der Waals surface area contributed by atoms with E-state index in [1.54, 1.807) is 0 Å². The summed E-state index contributed by atoms with van der Waals surface area (Å²) in [5.74, 6) is 0. The number of amides is 1. The Kier molecular flexibility index (Phi) is 4.56. The maximum atomic E-state index is 11.7. The van der Waals surface area contributed by atoms with E-state index in [-0.39, 0.29) is 0 Å². The standard InChI is InChI=1S/C8H10F2INO2/c9-7(10)5-14-8(13)12-3-1-6(11)2-4-12/h1,7H,2-5H2. The second kappa shape index (κ2) is 5.47. The first-order valence-corrected chi connectivity index (χ1v) is 5.22. The fourth-order valence-corrected chi connectivity index (χ4v) is 1.47. The number of carbonyl (C=O) groups excluding carboxylic acids is 1. The number of hydrogen-bond acceptors (Lipinski definition) is 2. The van der Waals surface area contributed by atoms with Crippen LogP contribution in [0.3, 0.4) is 0 Å². The van der Waals surface area contributed by atoms with E-state index < -0.39 is 19.1 Å². The van der Waals surface area contributed by atoms with Crippen LogP contribution in [0.1, 0.15) is 6.42 Å². The number of alkyl halides is 2. The van der Waals surface area contributed by atoms with E-state index in [1.165, 1.54) is 8.48 Å². The van der Waals surface area contributed by atoms with Crippen molar-refractivity contribution in [2.45, 2.75) is 12.8 Å². The minimum Gasteiger partial charge on any atom is -0.443 e. The number of carbonyl (C=O) groups is 1. The van der Waals surface area contributed by atoms with Crippen LogP contribution < -0.4 is 0 Å². The molecule has 3 nitrogen and oxygen atoms in total. The Hall–Kier alpha value is -0.400. The molecule has 0 atom stereocenters. The molecule has 80 valence electrons. The highest BCUT2D eigenvalue weighted by atomic mass is 127. The van der Waals surface area contributed by atoms with Gasteiger partial charge in [0.2, 0.25) is 0 Å². The van der Waals surface area contributed by atoms with Crippen molar-refractivity contribution >= 4 is 28.7 Å². The van der Waals surface area contributed by atoms with Gasteiger partial charge < -0.3 is 9.64 Å². The molecule has 0 N–H and O–H groups in total. The first-order chi connectivity index (χ1) is 6.59. The molecular weight excluding hydrogens is 307 g/mol. The Balaban J connectivity index is 2.32. The fraction of sp³-hybridized carbons (Fsp3) is 0.625. The molecule has 1 heterocycles. The van der Waals surface area contributed by atoms with Crippen LogP contribution in [0.5, 0.6) is 0 Å². The Morgan fingerprint density at radius 2 is 2.43 bits per heavy atom. The van der Waals surface area contributed by atoms with E-state index in [2.05, 4.69) is 27.3 Å². The highest BCUT2D eigenvalue weighted by Crippen LogP contribution is 2.17. The molecule has 0 radical (unpaired) electrons. The summed E-state index contributed by atoms with van der Waals surface area (Å²) < 4.78 is 29.0. The predicted molar refractivity (Wildman–Crippen MR) is 55.6 cm³/mol. The quantitative estimate of drug-likeness (QED) is 0.732. The third-order valence-electron chi connectivity index (χ3n) is 1.74. The lowest BCUT2D eigenvalue weighted by atomic mass is 10.3. The molecule has 6 heteroatoms. The predicted octanol–water partition coefficient (Wildman–Crippen LogP) is 2.41. The Morgan fingerprint density at radius 3 is 2.93 bits per heavy atom. The first kappa shape index (κ1) is 11.7. The maximum Gasteiger partial charge on any atom is 0.410 e. The zero-order valence-electron chi connectivity index (χ0n) is 7.38. The van der Waals surface area contributed by atoms with Gasteiger partial charge in [0, 0.05) is 13.1 Å². The van der Waals surface area contributed by atoms with Crippen LogP contribution in [0, 0.1) is 0 Å². The summed E-state index contributed by atoms with van der Waals surface area (Å²) in [6, 6.07) is 0. The lowest BCUT2D eigenvalue weighted by molar-refractivity contribution is 0.0330. The molecule has 0 spiro atoms. The smallest absolute Gasteiger partial charge is 0.410 e. The van der Waals surface area contributed by atoms with Gasteiger partial charge in [0.15, 0.2) is 6.61 Å². The highest BCUT2D eigenvalue weighted by molar-refractivity contribution is 14.1. The van der Waals surface area contributed by atoms with Gasteiger partial charge in [-0.1, -0.05) is 6.08 Å². The topological polar surface area (TPSA) is 29.5 Å². The summed E-state index contributed by atoms with van der Waals surface area (Å²) in [6.45, 7) is 0.160. The van der Waals surface area contributed by atoms with Crippen molar-refractivity contribution in [3.05, 3.63) is 9.66 Å². The maximum absolute atomic E-state index is 11.7. The minimum atomic E-state index is -2.60. The zero-order valence-corrected chi connectivity index (χ0v) is 9.54. The molecular formula is C8H10F2INO2. The number of nitrogens with zero attached hydrogens (tertiary/aromatic N) is 1. The molecule has 1 aliphatic rings. The average molecular weight is 317 g/mol. The molecule has 0 aromatic heterocycles. The SMILES string of the molecule is O=C(OCC(F)F)N1CC=C(I)CC1. The summed E-state index contributed by atoms with van der Waals surface area (Å²) in [7, 11) is 0. The molecule has 0 saturated heterocycles. The van der Waals surface area contributed by atoms with Crippen LogP contribution >= 0.6 is 22.6 Å². The third kappa shape index (κ3) is 3.77. The Morgan fingerprint density at radius 1 is 1.71 bits per heavy atom. The summed E-state index contributed by atoms with van der Waals surface area (Å²) >= 11 is 2.18. The van der Waals surface area contributed by atoms with Crippen molar-refractivity contribution in [1.82, 2.24) is 4.90 Å². The van der Waals surface area contributed by atoms with Gasteiger partial charge in [0.05, 0.1) is 0 Å². The molecule has 1 aliphatic heterocycles. The number of ether oxygens (including phenoxy) is 1. The van der Waals surface area contributed by atoms with Gasteiger partial charge in [0.25, 0.3) is 6.43 Å². The van der Waals surface area contributed by atoms with E-state index in [0.29, 0.717) is 13.1 Å². The first-order valence-electron chi connectivity index (χ1n) is 4.14. The van der Waals surface area contributed by atoms with Crippen LogP contribution in [-0.4, -0.2) is 37.1 Å². The van der Waals surface area contributed by atoms with Crippen molar-refractivity contribution in [2.24, 2.45) is 0 Å². The molecule has 0 unspecified atom stereocenters. The molecule has 0 aliphatic carbocycles. The van der Waals surface area contributed by atoms with Gasteiger partial charge in [-0.25, -0.2) is 13.6 Å². The molecule has 1 amide bonds. The largest absolute Gasteiger partial charge is 0.443 e. The Bertz CT molecular complexity index is 245. The monoisotopic (exact) mass is 317 g/mol. The summed E-state index contributed by atoms with van der Waals surface area (Å²) in [5, 5.41) is 0. The molecule has 1 rings (SSSR count). The van der Waals surface area contributed by atoms with Crippen LogP contribution in [0.15, 0.2) is 9.66 Å². The second-order valence-corrected chi connectivity index (χ2v) is 4.20. The molecule has 0 aromatic rings. The highest BCUT2D eigenvalue weighted by Gasteiger charge is 2.18. The van der Waals surface area contributed by atoms with Crippen LogP contribution in [0.25, 0.3) is 0 Å². The average Bonchev–Trinajstić information content (AvgIpc) is 2.15. The lowest BCUT2D eigenvalue weighted by Crippen LogP contribution is -2.35. The van der Waals surface area contributed by atoms with Crippen LogP contribution in [0.2, 0.25) is 0 Å². The number of rotatable bonds is 2. The van der Waals surface area contributed by atoms with Gasteiger partial charge in [-0.15, -0.1) is 0 Å². The van der Waals surface area contributed by atoms with Crippen molar-refractivity contribution < 1.29 is 18.3 Å². The number of halogens is 3. The molecule has 14 heavy (non-hydrogen) atoms. The van der Waals surface area contributed by atoms with E-state index in [4.69, 9.17) is 0 Å². The van der Waals surface area contributed by atoms with Gasteiger partial charge in [-0.3, -0.25) is 0 Å². The molecule has 0 bridgehead atoms. The molecule has 0 fully saturated rings. The zero-order chi connectivity index (χ0) is 10.6. The van der Waals surface area contributed by atoms with E-state index in [9.17, 15) is 13.6 Å². The van der Waals surface area contributed by atoms with Gasteiger partial charge in [0.1, 0.15) is 0 Å². The third-order valence-corrected chi connectivity index (χ3v) is 2.72. The molecule has 0 saturated carbocycles. The van der Waals surface area contributed by atoms with Gasteiger partial charge >= 0.3 is 6.09 Å². The lowest BCUT2D eigenvalue weighted by Gasteiger charge is -2.23.